The lowest BCUT2D eigenvalue weighted by atomic mass is 9.90. The highest BCUT2D eigenvalue weighted by Gasteiger charge is 2.32. The van der Waals surface area contributed by atoms with Gasteiger partial charge in [0.05, 0.1) is 25.5 Å². The lowest BCUT2D eigenvalue weighted by Crippen LogP contribution is -2.30. The second-order valence-corrected chi connectivity index (χ2v) is 9.25. The normalized spacial score (nSPS) is 12.4. The van der Waals surface area contributed by atoms with E-state index < -0.39 is 17.7 Å². The highest BCUT2D eigenvalue weighted by Crippen LogP contribution is 2.35. The highest BCUT2D eigenvalue weighted by atomic mass is 19.4. The van der Waals surface area contributed by atoms with Gasteiger partial charge < -0.3 is 18.8 Å². The topological polar surface area (TPSA) is 56.1 Å². The number of aromatic nitrogens is 2. The van der Waals surface area contributed by atoms with Crippen LogP contribution in [0.2, 0.25) is 0 Å². The van der Waals surface area contributed by atoms with Crippen LogP contribution in [0.5, 0.6) is 11.5 Å². The number of halogens is 3. The Morgan fingerprint density at radius 1 is 1.05 bits per heavy atom. The van der Waals surface area contributed by atoms with Crippen molar-refractivity contribution >= 4 is 11.6 Å². The molecule has 0 saturated heterocycles. The standard InChI is InChI=1S/C29H30F3N3O3/c1-19-10-13-35-24(18-33-27(35)14-19)23(21-6-5-7-22(16-21)29(30,31)32)17-28(36)34(2)12-11-20-8-9-25(37-3)26(15-20)38-4/h5-10,13-16,18,23H,11-12,17H2,1-4H3. The fraction of sp³-hybridized carbons (Fsp3) is 0.310. The number of nitrogens with zero attached hydrogens (tertiary/aromatic N) is 3. The van der Waals surface area contributed by atoms with Crippen LogP contribution in [0, 0.1) is 6.92 Å². The number of amides is 1. The zero-order valence-electron chi connectivity index (χ0n) is 21.7. The van der Waals surface area contributed by atoms with Crippen LogP contribution in [0.3, 0.4) is 0 Å². The molecule has 9 heteroatoms. The number of fused-ring (bicyclic) bond motifs is 1. The molecule has 0 aliphatic heterocycles. The van der Waals surface area contributed by atoms with Crippen LogP contribution in [-0.4, -0.2) is 48.0 Å². The number of carbonyl (C=O) groups is 1. The van der Waals surface area contributed by atoms with Gasteiger partial charge in [-0.05, 0) is 60.4 Å². The van der Waals surface area contributed by atoms with Gasteiger partial charge in [0.15, 0.2) is 11.5 Å². The maximum absolute atomic E-state index is 13.5. The number of benzene rings is 2. The fourth-order valence-electron chi connectivity index (χ4n) is 4.47. The third-order valence-electron chi connectivity index (χ3n) is 6.66. The SMILES string of the molecule is COc1ccc(CCN(C)C(=O)CC(c2cccc(C(F)(F)F)c2)c2cnc3cc(C)ccn23)cc1OC. The summed E-state index contributed by atoms with van der Waals surface area (Å²) in [6, 6.07) is 14.5. The molecule has 2 heterocycles. The summed E-state index contributed by atoms with van der Waals surface area (Å²) in [5.41, 5.74) is 2.96. The Hall–Kier alpha value is -4.01. The molecule has 0 N–H and O–H groups in total. The van der Waals surface area contributed by atoms with E-state index in [1.807, 2.05) is 47.9 Å². The maximum Gasteiger partial charge on any atom is 0.416 e. The number of likely N-dealkylation sites (N-methyl/N-ethyl adjacent to an activating group) is 1. The van der Waals surface area contributed by atoms with Crippen molar-refractivity contribution in [2.45, 2.75) is 31.9 Å². The van der Waals surface area contributed by atoms with Crippen LogP contribution < -0.4 is 9.47 Å². The molecular formula is C29H30F3N3O3. The second kappa shape index (κ2) is 11.2. The third-order valence-corrected chi connectivity index (χ3v) is 6.66. The Morgan fingerprint density at radius 3 is 2.53 bits per heavy atom. The Morgan fingerprint density at radius 2 is 1.82 bits per heavy atom. The molecule has 0 bridgehead atoms. The molecule has 0 radical (unpaired) electrons. The average molecular weight is 526 g/mol. The summed E-state index contributed by atoms with van der Waals surface area (Å²) in [6.45, 7) is 2.37. The van der Waals surface area contributed by atoms with Crippen LogP contribution in [0.25, 0.3) is 5.65 Å². The van der Waals surface area contributed by atoms with Crippen molar-refractivity contribution < 1.29 is 27.4 Å². The van der Waals surface area contributed by atoms with Crippen molar-refractivity contribution in [2.75, 3.05) is 27.8 Å². The van der Waals surface area contributed by atoms with Gasteiger partial charge in [-0.25, -0.2) is 4.98 Å². The molecule has 1 amide bonds. The predicted octanol–water partition coefficient (Wildman–Crippen LogP) is 5.90. The number of methoxy groups -OCH3 is 2. The van der Waals surface area contributed by atoms with Gasteiger partial charge in [-0.1, -0.05) is 24.3 Å². The summed E-state index contributed by atoms with van der Waals surface area (Å²) in [5, 5.41) is 0. The largest absolute Gasteiger partial charge is 0.493 e. The zero-order valence-corrected chi connectivity index (χ0v) is 21.7. The number of hydrogen-bond acceptors (Lipinski definition) is 4. The van der Waals surface area contributed by atoms with E-state index in [0.29, 0.717) is 41.4 Å². The molecule has 0 aliphatic carbocycles. The fourth-order valence-corrected chi connectivity index (χ4v) is 4.47. The van der Waals surface area contributed by atoms with Crippen LogP contribution in [0.4, 0.5) is 13.2 Å². The van der Waals surface area contributed by atoms with Gasteiger partial charge in [0.2, 0.25) is 5.91 Å². The van der Waals surface area contributed by atoms with Crippen molar-refractivity contribution in [3.63, 3.8) is 0 Å². The van der Waals surface area contributed by atoms with Gasteiger partial charge in [0.1, 0.15) is 5.65 Å². The van der Waals surface area contributed by atoms with Crippen molar-refractivity contribution in [1.82, 2.24) is 14.3 Å². The summed E-state index contributed by atoms with van der Waals surface area (Å²) >= 11 is 0. The van der Waals surface area contributed by atoms with Crippen molar-refractivity contribution in [3.8, 4) is 11.5 Å². The molecule has 1 atom stereocenters. The van der Waals surface area contributed by atoms with Gasteiger partial charge in [-0.3, -0.25) is 4.79 Å². The molecular weight excluding hydrogens is 495 g/mol. The molecule has 4 rings (SSSR count). The van der Waals surface area contributed by atoms with Crippen molar-refractivity contribution in [1.29, 1.82) is 0 Å². The quantitative estimate of drug-likeness (QED) is 0.273. The van der Waals surface area contributed by atoms with E-state index in [-0.39, 0.29) is 12.3 Å². The van der Waals surface area contributed by atoms with Crippen LogP contribution in [-0.2, 0) is 17.4 Å². The molecule has 2 aromatic heterocycles. The lowest BCUT2D eigenvalue weighted by molar-refractivity contribution is -0.137. The Labute approximate surface area is 219 Å². The van der Waals surface area contributed by atoms with E-state index >= 15 is 0 Å². The molecule has 4 aromatic rings. The third kappa shape index (κ3) is 5.93. The summed E-state index contributed by atoms with van der Waals surface area (Å²) in [5.74, 6) is 0.417. The number of rotatable bonds is 9. The summed E-state index contributed by atoms with van der Waals surface area (Å²) in [7, 11) is 4.83. The zero-order chi connectivity index (χ0) is 27.4. The van der Waals surface area contributed by atoms with E-state index in [9.17, 15) is 18.0 Å². The number of imidazole rings is 1. The van der Waals surface area contributed by atoms with Gasteiger partial charge in [-0.2, -0.15) is 13.2 Å². The first-order chi connectivity index (χ1) is 18.1. The molecule has 38 heavy (non-hydrogen) atoms. The minimum absolute atomic E-state index is 0.00852. The van der Waals surface area contributed by atoms with Crippen molar-refractivity contribution in [3.05, 3.63) is 94.9 Å². The number of pyridine rings is 1. The molecule has 0 fully saturated rings. The average Bonchev–Trinajstić information content (AvgIpc) is 3.32. The molecule has 2 aromatic carbocycles. The number of hydrogen-bond donors (Lipinski definition) is 0. The molecule has 0 aliphatic rings. The number of aryl methyl sites for hydroxylation is 1. The van der Waals surface area contributed by atoms with E-state index in [4.69, 9.17) is 9.47 Å². The summed E-state index contributed by atoms with van der Waals surface area (Å²) < 4.78 is 53.0. The second-order valence-electron chi connectivity index (χ2n) is 9.25. The van der Waals surface area contributed by atoms with Gasteiger partial charge in [0.25, 0.3) is 0 Å². The molecule has 0 spiro atoms. The summed E-state index contributed by atoms with van der Waals surface area (Å²) in [4.78, 5) is 19.4. The number of alkyl halides is 3. The van der Waals surface area contributed by atoms with Crippen LogP contribution in [0.1, 0.15) is 40.3 Å². The molecule has 6 nitrogen and oxygen atoms in total. The van der Waals surface area contributed by atoms with Crippen molar-refractivity contribution in [2.24, 2.45) is 0 Å². The number of ether oxygens (including phenoxy) is 2. The predicted molar refractivity (Wildman–Crippen MR) is 139 cm³/mol. The van der Waals surface area contributed by atoms with Crippen LogP contribution in [0.15, 0.2) is 67.0 Å². The van der Waals surface area contributed by atoms with E-state index in [1.54, 1.807) is 38.4 Å². The van der Waals surface area contributed by atoms with E-state index in [0.717, 1.165) is 23.3 Å². The first-order valence-electron chi connectivity index (χ1n) is 12.2. The Balaban J connectivity index is 1.59. The monoisotopic (exact) mass is 525 g/mol. The molecule has 200 valence electrons. The van der Waals surface area contributed by atoms with Gasteiger partial charge >= 0.3 is 6.18 Å². The smallest absolute Gasteiger partial charge is 0.416 e. The molecule has 1 unspecified atom stereocenters. The lowest BCUT2D eigenvalue weighted by Gasteiger charge is -2.23. The Kier molecular flexibility index (Phi) is 7.94. The van der Waals surface area contributed by atoms with Crippen LogP contribution >= 0.6 is 0 Å². The number of carbonyl (C=O) groups excluding carboxylic acids is 1. The highest BCUT2D eigenvalue weighted by molar-refractivity contribution is 5.77. The maximum atomic E-state index is 13.5. The van der Waals surface area contributed by atoms with Gasteiger partial charge in [-0.15, -0.1) is 0 Å². The minimum atomic E-state index is -4.49. The first kappa shape index (κ1) is 27.0. The van der Waals surface area contributed by atoms with Gasteiger partial charge in [0, 0.05) is 38.3 Å². The van der Waals surface area contributed by atoms with E-state index in [1.165, 1.54) is 6.07 Å². The first-order valence-corrected chi connectivity index (χ1v) is 12.2. The summed E-state index contributed by atoms with van der Waals surface area (Å²) in [6.07, 6.45) is -0.454. The van der Waals surface area contributed by atoms with E-state index in [2.05, 4.69) is 4.98 Å². The Bertz CT molecular complexity index is 1430. The minimum Gasteiger partial charge on any atom is -0.493 e. The molecule has 0 saturated carbocycles.